The van der Waals surface area contributed by atoms with Crippen LogP contribution in [-0.4, -0.2) is 50.7 Å². The predicted molar refractivity (Wildman–Crippen MR) is 105 cm³/mol. The van der Waals surface area contributed by atoms with Crippen LogP contribution in [0.15, 0.2) is 27.6 Å². The molecule has 28 heavy (non-hydrogen) atoms. The minimum Gasteiger partial charge on any atom is -0.361 e. The monoisotopic (exact) mass is 406 g/mol. The van der Waals surface area contributed by atoms with Gasteiger partial charge in [0, 0.05) is 25.1 Å². The fourth-order valence-corrected chi connectivity index (χ4v) is 3.59. The Morgan fingerprint density at radius 3 is 2.79 bits per heavy atom. The van der Waals surface area contributed by atoms with Crippen LogP contribution in [0.25, 0.3) is 5.65 Å². The van der Waals surface area contributed by atoms with E-state index in [9.17, 15) is 9.59 Å². The number of rotatable bonds is 4. The molecule has 1 aliphatic heterocycles. The van der Waals surface area contributed by atoms with E-state index in [0.717, 1.165) is 31.6 Å². The molecule has 0 atom stereocenters. The van der Waals surface area contributed by atoms with Gasteiger partial charge in [0.2, 0.25) is 0 Å². The molecule has 1 fully saturated rings. The van der Waals surface area contributed by atoms with E-state index in [0.29, 0.717) is 29.2 Å². The number of aryl methyl sites for hydroxylation is 1. The summed E-state index contributed by atoms with van der Waals surface area (Å²) >= 11 is 0. The molecular formula is C18H23ClN6O3. The second kappa shape index (κ2) is 8.15. The topological polar surface area (TPSA) is 109 Å². The molecule has 0 aliphatic carbocycles. The van der Waals surface area contributed by atoms with Crippen molar-refractivity contribution in [3.8, 4) is 0 Å². The van der Waals surface area contributed by atoms with E-state index >= 15 is 0 Å². The molecule has 0 saturated carbocycles. The number of carbonyl (C=O) groups is 1. The van der Waals surface area contributed by atoms with Crippen molar-refractivity contribution in [2.24, 2.45) is 0 Å². The molecule has 0 unspecified atom stereocenters. The summed E-state index contributed by atoms with van der Waals surface area (Å²) in [6, 6.07) is 3.38. The number of H-pyrrole nitrogens is 1. The van der Waals surface area contributed by atoms with Gasteiger partial charge in [-0.1, -0.05) is 5.16 Å². The minimum absolute atomic E-state index is 0. The fraction of sp³-hybridized carbons (Fsp3) is 0.444. The third-order valence-electron chi connectivity index (χ3n) is 4.94. The molecule has 4 heterocycles. The summed E-state index contributed by atoms with van der Waals surface area (Å²) in [7, 11) is 1.69. The van der Waals surface area contributed by atoms with Crippen LogP contribution in [0, 0.1) is 6.92 Å². The smallest absolute Gasteiger partial charge is 0.259 e. The average Bonchev–Trinajstić information content (AvgIpc) is 3.27. The number of amides is 1. The van der Waals surface area contributed by atoms with Crippen molar-refractivity contribution in [3.05, 3.63) is 51.4 Å². The van der Waals surface area contributed by atoms with Crippen molar-refractivity contribution in [2.75, 3.05) is 20.1 Å². The number of halogens is 1. The van der Waals surface area contributed by atoms with Gasteiger partial charge in [-0.2, -0.15) is 5.10 Å². The normalized spacial score (nSPS) is 14.8. The highest BCUT2D eigenvalue weighted by atomic mass is 35.5. The van der Waals surface area contributed by atoms with Crippen LogP contribution in [0.2, 0.25) is 0 Å². The Hall–Kier alpha value is -2.65. The molecule has 3 aromatic rings. The van der Waals surface area contributed by atoms with Gasteiger partial charge in [-0.05, 0) is 32.9 Å². The first kappa shape index (κ1) is 20.1. The molecule has 4 rings (SSSR count). The molecule has 0 bridgehead atoms. The Morgan fingerprint density at radius 1 is 1.36 bits per heavy atom. The second-order valence-electron chi connectivity index (χ2n) is 6.99. The Bertz CT molecular complexity index is 1030. The molecule has 1 aliphatic rings. The van der Waals surface area contributed by atoms with E-state index < -0.39 is 0 Å². The number of hydrogen-bond acceptors (Lipinski definition) is 6. The molecular weight excluding hydrogens is 384 g/mol. The van der Waals surface area contributed by atoms with Crippen LogP contribution in [0.5, 0.6) is 0 Å². The van der Waals surface area contributed by atoms with Crippen LogP contribution in [-0.2, 0) is 6.54 Å². The Balaban J connectivity index is 0.00000225. The Morgan fingerprint density at radius 2 is 2.11 bits per heavy atom. The standard InChI is InChI=1S/C18H22N6O3.ClH/c1-11-7-13(22-27-11)10-23(2)18(26)14-9-20-24-15(8-16(25)21-17(14)24)12-3-5-19-6-4-12;/h7-9,12,19H,3-6,10H2,1-2H3,(H,21,25);1H. The lowest BCUT2D eigenvalue weighted by Gasteiger charge is -2.23. The number of hydrogen-bond donors (Lipinski definition) is 2. The molecule has 2 N–H and O–H groups in total. The Kier molecular flexibility index (Phi) is 5.85. The summed E-state index contributed by atoms with van der Waals surface area (Å²) in [5, 5.41) is 11.6. The highest BCUT2D eigenvalue weighted by Gasteiger charge is 2.24. The third-order valence-corrected chi connectivity index (χ3v) is 4.94. The van der Waals surface area contributed by atoms with Gasteiger partial charge < -0.3 is 19.7 Å². The number of aromatic amines is 1. The molecule has 0 radical (unpaired) electrons. The first-order chi connectivity index (χ1) is 13.0. The van der Waals surface area contributed by atoms with Gasteiger partial charge in [0.25, 0.3) is 11.5 Å². The maximum absolute atomic E-state index is 12.9. The maximum atomic E-state index is 12.9. The number of piperidine rings is 1. The lowest BCUT2D eigenvalue weighted by Crippen LogP contribution is -2.29. The zero-order valence-corrected chi connectivity index (χ0v) is 16.6. The molecule has 0 spiro atoms. The molecule has 10 heteroatoms. The molecule has 3 aromatic heterocycles. The van der Waals surface area contributed by atoms with Crippen LogP contribution in [0.3, 0.4) is 0 Å². The van der Waals surface area contributed by atoms with Gasteiger partial charge in [0.15, 0.2) is 0 Å². The van der Waals surface area contributed by atoms with Gasteiger partial charge in [-0.3, -0.25) is 9.59 Å². The first-order valence-corrected chi connectivity index (χ1v) is 9.02. The van der Waals surface area contributed by atoms with Crippen LogP contribution in [0.4, 0.5) is 0 Å². The number of nitrogens with zero attached hydrogens (tertiary/aromatic N) is 4. The fourth-order valence-electron chi connectivity index (χ4n) is 3.59. The number of fused-ring (bicyclic) bond motifs is 1. The van der Waals surface area contributed by atoms with Gasteiger partial charge in [-0.15, -0.1) is 12.4 Å². The van der Waals surface area contributed by atoms with Crippen molar-refractivity contribution in [1.29, 1.82) is 0 Å². The lowest BCUT2D eigenvalue weighted by atomic mass is 9.94. The Labute approximate surface area is 167 Å². The van der Waals surface area contributed by atoms with Crippen molar-refractivity contribution >= 4 is 24.0 Å². The van der Waals surface area contributed by atoms with Crippen LogP contribution >= 0.6 is 12.4 Å². The highest BCUT2D eigenvalue weighted by molar-refractivity contribution is 5.99. The van der Waals surface area contributed by atoms with E-state index in [-0.39, 0.29) is 29.8 Å². The minimum atomic E-state index is -0.233. The van der Waals surface area contributed by atoms with Crippen LogP contribution in [0.1, 0.15) is 46.3 Å². The third kappa shape index (κ3) is 3.81. The zero-order valence-electron chi connectivity index (χ0n) is 15.8. The largest absolute Gasteiger partial charge is 0.361 e. The van der Waals surface area contributed by atoms with E-state index in [1.807, 2.05) is 0 Å². The van der Waals surface area contributed by atoms with Gasteiger partial charge in [0.1, 0.15) is 22.7 Å². The zero-order chi connectivity index (χ0) is 19.0. The molecule has 9 nitrogen and oxygen atoms in total. The second-order valence-corrected chi connectivity index (χ2v) is 6.99. The number of nitrogens with one attached hydrogen (secondary N) is 2. The number of aromatic nitrogens is 4. The van der Waals surface area contributed by atoms with Gasteiger partial charge in [-0.25, -0.2) is 4.52 Å². The SMILES string of the molecule is Cc1cc(CN(C)C(=O)c2cnn3c(C4CCNCC4)cc(=O)[nH]c23)no1.Cl. The summed E-state index contributed by atoms with van der Waals surface area (Å²) < 4.78 is 6.74. The van der Waals surface area contributed by atoms with Gasteiger partial charge in [0.05, 0.1) is 18.4 Å². The highest BCUT2D eigenvalue weighted by Crippen LogP contribution is 2.25. The summed E-state index contributed by atoms with van der Waals surface area (Å²) in [4.78, 5) is 29.4. The van der Waals surface area contributed by atoms with E-state index in [1.54, 1.807) is 30.6 Å². The first-order valence-electron chi connectivity index (χ1n) is 9.02. The summed E-state index contributed by atoms with van der Waals surface area (Å²) in [6.45, 7) is 3.93. The van der Waals surface area contributed by atoms with E-state index in [4.69, 9.17) is 4.52 Å². The quantitative estimate of drug-likeness (QED) is 0.679. The van der Waals surface area contributed by atoms with Crippen molar-refractivity contribution in [3.63, 3.8) is 0 Å². The van der Waals surface area contributed by atoms with Crippen molar-refractivity contribution < 1.29 is 9.32 Å². The predicted octanol–water partition coefficient (Wildman–Crippen LogP) is 1.48. The summed E-state index contributed by atoms with van der Waals surface area (Å²) in [5.41, 5.74) is 2.10. The summed E-state index contributed by atoms with van der Waals surface area (Å²) in [6.07, 6.45) is 3.39. The molecule has 150 valence electrons. The van der Waals surface area contributed by atoms with Crippen LogP contribution < -0.4 is 10.9 Å². The lowest BCUT2D eigenvalue weighted by molar-refractivity contribution is 0.0784. The average molecular weight is 407 g/mol. The molecule has 1 amide bonds. The van der Waals surface area contributed by atoms with E-state index in [2.05, 4.69) is 20.6 Å². The van der Waals surface area contributed by atoms with Gasteiger partial charge >= 0.3 is 0 Å². The summed E-state index contributed by atoms with van der Waals surface area (Å²) in [5.74, 6) is 0.705. The maximum Gasteiger partial charge on any atom is 0.259 e. The molecule has 1 saturated heterocycles. The number of carbonyl (C=O) groups excluding carboxylic acids is 1. The van der Waals surface area contributed by atoms with Crippen molar-refractivity contribution in [2.45, 2.75) is 32.2 Å². The van der Waals surface area contributed by atoms with E-state index in [1.165, 1.54) is 11.1 Å². The molecule has 0 aromatic carbocycles. The van der Waals surface area contributed by atoms with Crippen molar-refractivity contribution in [1.82, 2.24) is 30.0 Å².